The second kappa shape index (κ2) is 14.7. The molecule has 11 heteroatoms. The Morgan fingerprint density at radius 2 is 1.64 bits per heavy atom. The number of carboxylic acids is 1. The minimum atomic E-state index is -2.97. The van der Waals surface area contributed by atoms with E-state index in [1.807, 2.05) is 0 Å². The van der Waals surface area contributed by atoms with Gasteiger partial charge in [-0.25, -0.2) is 18.4 Å². The highest BCUT2D eigenvalue weighted by Crippen LogP contribution is 2.18. The van der Waals surface area contributed by atoms with Crippen LogP contribution >= 0.6 is 15.9 Å². The Morgan fingerprint density at radius 1 is 1.03 bits per heavy atom. The zero-order valence-corrected chi connectivity index (χ0v) is 21.7. The Hall–Kier alpha value is -2.76. The van der Waals surface area contributed by atoms with Crippen molar-refractivity contribution in [3.05, 3.63) is 58.6 Å². The lowest BCUT2D eigenvalue weighted by Gasteiger charge is -2.22. The van der Waals surface area contributed by atoms with E-state index >= 15 is 0 Å². The highest BCUT2D eigenvalue weighted by molar-refractivity contribution is 9.10. The summed E-state index contributed by atoms with van der Waals surface area (Å²) in [5.41, 5.74) is 0.771. The first kappa shape index (κ1) is 29.5. The molecule has 0 heterocycles. The van der Waals surface area contributed by atoms with Crippen LogP contribution in [0, 0.1) is 0 Å². The van der Waals surface area contributed by atoms with Crippen LogP contribution in [0.15, 0.2) is 53.0 Å². The van der Waals surface area contributed by atoms with Crippen LogP contribution in [0.5, 0.6) is 11.5 Å². The van der Waals surface area contributed by atoms with Gasteiger partial charge in [-0.05, 0) is 48.9 Å². The van der Waals surface area contributed by atoms with Crippen LogP contribution in [-0.4, -0.2) is 73.6 Å². The minimum absolute atomic E-state index is 0.0295. The number of rotatable bonds is 15. The molecular weight excluding hydrogens is 544 g/mol. The summed E-state index contributed by atoms with van der Waals surface area (Å²) in [5, 5.41) is 9.22. The summed E-state index contributed by atoms with van der Waals surface area (Å²) in [5.74, 6) is -3.15. The van der Waals surface area contributed by atoms with E-state index < -0.39 is 30.7 Å². The van der Waals surface area contributed by atoms with Gasteiger partial charge < -0.3 is 29.0 Å². The van der Waals surface area contributed by atoms with Crippen molar-refractivity contribution in [2.24, 2.45) is 0 Å². The highest BCUT2D eigenvalue weighted by Gasteiger charge is 2.22. The SMILES string of the molecule is CCOC(Cc1ccc(OCCN(CCOCC(C)(F)F)C(=O)Oc2ccc(Br)cc2)cc1)C(=O)O. The monoisotopic (exact) mass is 573 g/mol. The first-order valence-electron chi connectivity index (χ1n) is 11.3. The van der Waals surface area contributed by atoms with E-state index in [4.69, 9.17) is 18.9 Å². The van der Waals surface area contributed by atoms with Gasteiger partial charge in [0.05, 0.1) is 13.2 Å². The van der Waals surface area contributed by atoms with E-state index in [2.05, 4.69) is 15.9 Å². The van der Waals surface area contributed by atoms with Gasteiger partial charge >= 0.3 is 12.1 Å². The molecule has 0 spiro atoms. The Balaban J connectivity index is 1.92. The first-order chi connectivity index (χ1) is 17.1. The number of amides is 1. The largest absolute Gasteiger partial charge is 0.492 e. The topological polar surface area (TPSA) is 94.5 Å². The summed E-state index contributed by atoms with van der Waals surface area (Å²) in [6, 6.07) is 13.5. The molecule has 0 aliphatic carbocycles. The van der Waals surface area contributed by atoms with Crippen molar-refractivity contribution in [2.75, 3.05) is 39.5 Å². The van der Waals surface area contributed by atoms with E-state index in [-0.39, 0.29) is 32.7 Å². The van der Waals surface area contributed by atoms with Crippen LogP contribution in [0.3, 0.4) is 0 Å². The van der Waals surface area contributed by atoms with Gasteiger partial charge in [0, 0.05) is 31.0 Å². The number of nitrogens with zero attached hydrogens (tertiary/aromatic N) is 1. The van der Waals surface area contributed by atoms with Gasteiger partial charge in [0.1, 0.15) is 24.7 Å². The molecule has 0 fully saturated rings. The smallest absolute Gasteiger partial charge is 0.415 e. The Labute approximate surface area is 217 Å². The minimum Gasteiger partial charge on any atom is -0.492 e. The van der Waals surface area contributed by atoms with Gasteiger partial charge in [0.2, 0.25) is 0 Å². The fourth-order valence-electron chi connectivity index (χ4n) is 3.02. The van der Waals surface area contributed by atoms with Gasteiger partial charge in [-0.15, -0.1) is 0 Å². The molecule has 0 aromatic heterocycles. The molecule has 2 aromatic carbocycles. The number of aliphatic carboxylic acids is 1. The molecule has 36 heavy (non-hydrogen) atoms. The predicted molar refractivity (Wildman–Crippen MR) is 132 cm³/mol. The zero-order valence-electron chi connectivity index (χ0n) is 20.1. The average molecular weight is 574 g/mol. The van der Waals surface area contributed by atoms with Crippen LogP contribution in [0.2, 0.25) is 0 Å². The van der Waals surface area contributed by atoms with Crippen molar-refractivity contribution in [2.45, 2.75) is 32.3 Å². The first-order valence-corrected chi connectivity index (χ1v) is 12.1. The maximum Gasteiger partial charge on any atom is 0.415 e. The van der Waals surface area contributed by atoms with Crippen molar-refractivity contribution >= 4 is 28.0 Å². The second-order valence-corrected chi connectivity index (χ2v) is 8.83. The lowest BCUT2D eigenvalue weighted by atomic mass is 10.1. The van der Waals surface area contributed by atoms with Gasteiger partial charge in [0.15, 0.2) is 6.10 Å². The third-order valence-corrected chi connectivity index (χ3v) is 5.28. The molecule has 1 unspecified atom stereocenters. The molecule has 2 rings (SSSR count). The summed E-state index contributed by atoms with van der Waals surface area (Å²) in [7, 11) is 0. The average Bonchev–Trinajstić information content (AvgIpc) is 2.82. The summed E-state index contributed by atoms with van der Waals surface area (Å²) in [6.07, 6.45) is -1.38. The van der Waals surface area contributed by atoms with Crippen molar-refractivity contribution < 1.29 is 42.4 Å². The van der Waals surface area contributed by atoms with Crippen molar-refractivity contribution in [3.8, 4) is 11.5 Å². The van der Waals surface area contributed by atoms with Crippen LogP contribution in [0.25, 0.3) is 0 Å². The molecule has 198 valence electrons. The molecule has 2 aromatic rings. The van der Waals surface area contributed by atoms with E-state index in [1.54, 1.807) is 55.5 Å². The van der Waals surface area contributed by atoms with Crippen LogP contribution in [-0.2, 0) is 20.7 Å². The Morgan fingerprint density at radius 3 is 2.22 bits per heavy atom. The molecule has 0 bridgehead atoms. The third kappa shape index (κ3) is 11.3. The number of hydrogen-bond donors (Lipinski definition) is 1. The van der Waals surface area contributed by atoms with Crippen LogP contribution in [0.1, 0.15) is 19.4 Å². The quantitative estimate of drug-likeness (QED) is 0.298. The summed E-state index contributed by atoms with van der Waals surface area (Å²) < 4.78 is 48.1. The number of carboxylic acid groups (broad SMARTS) is 1. The van der Waals surface area contributed by atoms with E-state index in [0.29, 0.717) is 18.1 Å². The van der Waals surface area contributed by atoms with Gasteiger partial charge in [-0.3, -0.25) is 0 Å². The molecule has 1 amide bonds. The Kier molecular flexibility index (Phi) is 12.0. The molecule has 1 atom stereocenters. The van der Waals surface area contributed by atoms with E-state index in [9.17, 15) is 23.5 Å². The normalized spacial score (nSPS) is 12.1. The van der Waals surface area contributed by atoms with Gasteiger partial charge in [-0.1, -0.05) is 28.1 Å². The molecule has 0 aliphatic heterocycles. The molecule has 1 N–H and O–H groups in total. The highest BCUT2D eigenvalue weighted by atomic mass is 79.9. The molecule has 0 saturated carbocycles. The predicted octanol–water partition coefficient (Wildman–Crippen LogP) is 5.03. The maximum atomic E-state index is 13.0. The van der Waals surface area contributed by atoms with E-state index in [1.165, 1.54) is 4.90 Å². The number of hydrogen-bond acceptors (Lipinski definition) is 6. The molecule has 0 aliphatic rings. The standard InChI is InChI=1S/C25H30BrF2NO7/c1-3-34-22(23(30)31)16-18-4-8-20(9-5-18)35-15-13-29(12-14-33-17-25(2,27)28)24(32)36-21-10-6-19(26)7-11-21/h4-11,22H,3,12-17H2,1-2H3,(H,30,31). The number of carbonyl (C=O) groups is 2. The maximum absolute atomic E-state index is 13.0. The molecule has 0 saturated heterocycles. The van der Waals surface area contributed by atoms with E-state index in [0.717, 1.165) is 17.0 Å². The number of benzene rings is 2. The number of carbonyl (C=O) groups excluding carboxylic acids is 1. The summed E-state index contributed by atoms with van der Waals surface area (Å²) >= 11 is 3.31. The van der Waals surface area contributed by atoms with Crippen molar-refractivity contribution in [1.82, 2.24) is 4.90 Å². The number of alkyl halides is 2. The summed E-state index contributed by atoms with van der Waals surface area (Å²) in [6.45, 7) is 2.19. The molecular formula is C25H30BrF2NO7. The van der Waals surface area contributed by atoms with Crippen LogP contribution in [0.4, 0.5) is 13.6 Å². The molecule has 0 radical (unpaired) electrons. The Bertz CT molecular complexity index is 952. The fourth-order valence-corrected chi connectivity index (χ4v) is 3.28. The van der Waals surface area contributed by atoms with Gasteiger partial charge in [0.25, 0.3) is 5.92 Å². The van der Waals surface area contributed by atoms with Crippen LogP contribution < -0.4 is 9.47 Å². The van der Waals surface area contributed by atoms with Gasteiger partial charge in [-0.2, -0.15) is 0 Å². The number of ether oxygens (including phenoxy) is 4. The summed E-state index contributed by atoms with van der Waals surface area (Å²) in [4.78, 5) is 25.2. The third-order valence-electron chi connectivity index (χ3n) is 4.76. The number of halogens is 3. The second-order valence-electron chi connectivity index (χ2n) is 7.91. The lowest BCUT2D eigenvalue weighted by molar-refractivity contribution is -0.149. The molecule has 8 nitrogen and oxygen atoms in total. The zero-order chi connectivity index (χ0) is 26.6. The van der Waals surface area contributed by atoms with Crippen molar-refractivity contribution in [1.29, 1.82) is 0 Å². The fraction of sp³-hybridized carbons (Fsp3) is 0.440. The van der Waals surface area contributed by atoms with Crippen molar-refractivity contribution in [3.63, 3.8) is 0 Å². The lowest BCUT2D eigenvalue weighted by Crippen LogP contribution is -2.39.